The fourth-order valence-corrected chi connectivity index (χ4v) is 2.58. The van der Waals surface area contributed by atoms with Gasteiger partial charge in [-0.25, -0.2) is 0 Å². The molecule has 0 aromatic heterocycles. The van der Waals surface area contributed by atoms with Crippen LogP contribution in [0.4, 0.5) is 5.69 Å². The molecule has 0 spiro atoms. The first-order valence-electron chi connectivity index (χ1n) is 7.10. The van der Waals surface area contributed by atoms with Gasteiger partial charge < -0.3 is 15.7 Å². The van der Waals surface area contributed by atoms with Gasteiger partial charge in [-0.05, 0) is 36.4 Å². The molecule has 0 aliphatic rings. The van der Waals surface area contributed by atoms with Crippen LogP contribution in [0.1, 0.15) is 16.8 Å². The maximum Gasteiger partial charge on any atom is 0.167 e. The van der Waals surface area contributed by atoms with E-state index in [0.29, 0.717) is 15.6 Å². The minimum absolute atomic E-state index is 0.108. The van der Waals surface area contributed by atoms with Crippen molar-refractivity contribution >= 4 is 34.7 Å². The SMILES string of the molecule is CN(c1ccc(Cl)cc1)C(N)C(O)CC(=O)c1ccccc1Cl. The number of Topliss-reactive ketones (excluding diaryl/α,β-unsaturated/α-hetero) is 1. The van der Waals surface area contributed by atoms with Crippen molar-refractivity contribution < 1.29 is 9.90 Å². The van der Waals surface area contributed by atoms with E-state index in [1.807, 2.05) is 0 Å². The number of anilines is 1. The van der Waals surface area contributed by atoms with Crippen LogP contribution in [-0.2, 0) is 0 Å². The van der Waals surface area contributed by atoms with Gasteiger partial charge in [-0.15, -0.1) is 0 Å². The van der Waals surface area contributed by atoms with Crippen LogP contribution in [0.3, 0.4) is 0 Å². The number of benzene rings is 2. The summed E-state index contributed by atoms with van der Waals surface area (Å²) in [6, 6.07) is 13.8. The molecule has 2 rings (SSSR count). The smallest absolute Gasteiger partial charge is 0.167 e. The summed E-state index contributed by atoms with van der Waals surface area (Å²) in [5.74, 6) is -0.247. The van der Waals surface area contributed by atoms with E-state index in [9.17, 15) is 9.90 Å². The number of hydrogen-bond acceptors (Lipinski definition) is 4. The van der Waals surface area contributed by atoms with Crippen LogP contribution < -0.4 is 10.6 Å². The molecule has 2 aromatic carbocycles. The van der Waals surface area contributed by atoms with Crippen LogP contribution in [0.15, 0.2) is 48.5 Å². The number of hydrogen-bond donors (Lipinski definition) is 2. The molecule has 122 valence electrons. The Balaban J connectivity index is 2.04. The molecule has 0 heterocycles. The van der Waals surface area contributed by atoms with E-state index in [1.54, 1.807) is 60.5 Å². The first-order valence-corrected chi connectivity index (χ1v) is 7.85. The van der Waals surface area contributed by atoms with Crippen molar-refractivity contribution in [3.63, 3.8) is 0 Å². The normalized spacial score (nSPS) is 13.4. The molecule has 23 heavy (non-hydrogen) atoms. The zero-order chi connectivity index (χ0) is 17.0. The Hall–Kier alpha value is -1.59. The van der Waals surface area contributed by atoms with Crippen LogP contribution >= 0.6 is 23.2 Å². The molecule has 6 heteroatoms. The molecular formula is C17H18Cl2N2O2. The average Bonchev–Trinajstić information content (AvgIpc) is 2.54. The summed E-state index contributed by atoms with van der Waals surface area (Å²) in [5.41, 5.74) is 7.23. The van der Waals surface area contributed by atoms with Gasteiger partial charge in [0.1, 0.15) is 6.17 Å². The summed E-state index contributed by atoms with van der Waals surface area (Å²) in [7, 11) is 1.75. The summed E-state index contributed by atoms with van der Waals surface area (Å²) >= 11 is 11.9. The number of halogens is 2. The largest absolute Gasteiger partial charge is 0.389 e. The molecule has 0 radical (unpaired) electrons. The van der Waals surface area contributed by atoms with E-state index in [0.717, 1.165) is 5.69 Å². The highest BCUT2D eigenvalue weighted by molar-refractivity contribution is 6.34. The lowest BCUT2D eigenvalue weighted by atomic mass is 10.0. The number of rotatable bonds is 6. The summed E-state index contributed by atoms with van der Waals surface area (Å²) in [6.45, 7) is 0. The maximum atomic E-state index is 12.2. The first kappa shape index (κ1) is 17.8. The number of carbonyl (C=O) groups is 1. The molecule has 2 aromatic rings. The second-order valence-corrected chi connectivity index (χ2v) is 6.10. The standard InChI is InChI=1S/C17H18Cl2N2O2/c1-21(12-8-6-11(18)7-9-12)17(20)16(23)10-15(22)13-4-2-3-5-14(13)19/h2-9,16-17,23H,10,20H2,1H3. The van der Waals surface area contributed by atoms with Gasteiger partial charge in [0.2, 0.25) is 0 Å². The van der Waals surface area contributed by atoms with Crippen LogP contribution in [0, 0.1) is 0 Å². The van der Waals surface area contributed by atoms with Crippen molar-refractivity contribution in [1.82, 2.24) is 0 Å². The molecule has 0 amide bonds. The van der Waals surface area contributed by atoms with Crippen LogP contribution in [-0.4, -0.2) is 30.2 Å². The predicted octanol–water partition coefficient (Wildman–Crippen LogP) is 3.35. The highest BCUT2D eigenvalue weighted by Crippen LogP contribution is 2.21. The van der Waals surface area contributed by atoms with Gasteiger partial charge in [0, 0.05) is 29.7 Å². The Morgan fingerprint density at radius 1 is 1.17 bits per heavy atom. The summed E-state index contributed by atoms with van der Waals surface area (Å²) in [4.78, 5) is 13.9. The van der Waals surface area contributed by atoms with E-state index < -0.39 is 12.3 Å². The molecule has 0 bridgehead atoms. The van der Waals surface area contributed by atoms with Crippen molar-refractivity contribution in [3.8, 4) is 0 Å². The van der Waals surface area contributed by atoms with E-state index >= 15 is 0 Å². The third-order valence-electron chi connectivity index (χ3n) is 3.64. The third-order valence-corrected chi connectivity index (χ3v) is 4.23. The fourth-order valence-electron chi connectivity index (χ4n) is 2.21. The number of ketones is 1. The first-order chi connectivity index (χ1) is 10.9. The molecular weight excluding hydrogens is 335 g/mol. The highest BCUT2D eigenvalue weighted by Gasteiger charge is 2.24. The monoisotopic (exact) mass is 352 g/mol. The van der Waals surface area contributed by atoms with Gasteiger partial charge in [-0.3, -0.25) is 4.79 Å². The zero-order valence-electron chi connectivity index (χ0n) is 12.6. The topological polar surface area (TPSA) is 66.6 Å². The van der Waals surface area contributed by atoms with Gasteiger partial charge in [0.15, 0.2) is 5.78 Å². The molecule has 2 unspecified atom stereocenters. The molecule has 4 nitrogen and oxygen atoms in total. The number of carbonyl (C=O) groups excluding carboxylic acids is 1. The van der Waals surface area contributed by atoms with E-state index in [2.05, 4.69) is 0 Å². The second kappa shape index (κ2) is 7.79. The molecule has 3 N–H and O–H groups in total. The van der Waals surface area contributed by atoms with E-state index in [1.165, 1.54) is 0 Å². The minimum atomic E-state index is -1.03. The molecule has 0 aliphatic carbocycles. The average molecular weight is 353 g/mol. The Labute approximate surface area is 145 Å². The van der Waals surface area contributed by atoms with Crippen molar-refractivity contribution in [2.24, 2.45) is 5.73 Å². The third kappa shape index (κ3) is 4.45. The van der Waals surface area contributed by atoms with Gasteiger partial charge in [0.05, 0.1) is 11.1 Å². The summed E-state index contributed by atoms with van der Waals surface area (Å²) in [5, 5.41) is 11.3. The predicted molar refractivity (Wildman–Crippen MR) is 94.2 cm³/mol. The number of likely N-dealkylation sites (N-methyl/N-ethyl adjacent to an activating group) is 1. The minimum Gasteiger partial charge on any atom is -0.389 e. The van der Waals surface area contributed by atoms with Crippen LogP contribution in [0.5, 0.6) is 0 Å². The number of nitrogens with zero attached hydrogens (tertiary/aromatic N) is 1. The Bertz CT molecular complexity index is 677. The molecule has 2 atom stereocenters. The summed E-state index contributed by atoms with van der Waals surface area (Å²) in [6.07, 6.45) is -1.87. The lowest BCUT2D eigenvalue weighted by molar-refractivity contribution is 0.0836. The fraction of sp³-hybridized carbons (Fsp3) is 0.235. The van der Waals surface area contributed by atoms with Gasteiger partial charge in [-0.1, -0.05) is 35.3 Å². The van der Waals surface area contributed by atoms with Crippen LogP contribution in [0.2, 0.25) is 10.0 Å². The second-order valence-electron chi connectivity index (χ2n) is 5.25. The zero-order valence-corrected chi connectivity index (χ0v) is 14.1. The number of aliphatic hydroxyl groups excluding tert-OH is 1. The van der Waals surface area contributed by atoms with Gasteiger partial charge in [0.25, 0.3) is 0 Å². The maximum absolute atomic E-state index is 12.2. The Kier molecular flexibility index (Phi) is 6.02. The quantitative estimate of drug-likeness (QED) is 0.617. The Morgan fingerprint density at radius 3 is 2.39 bits per heavy atom. The lowest BCUT2D eigenvalue weighted by Gasteiger charge is -2.30. The molecule has 0 fully saturated rings. The van der Waals surface area contributed by atoms with Crippen molar-refractivity contribution in [2.45, 2.75) is 18.7 Å². The van der Waals surface area contributed by atoms with Gasteiger partial charge >= 0.3 is 0 Å². The number of aliphatic hydroxyl groups is 1. The molecule has 0 saturated heterocycles. The number of nitrogens with two attached hydrogens (primary N) is 1. The molecule has 0 saturated carbocycles. The van der Waals surface area contributed by atoms with Crippen molar-refractivity contribution in [1.29, 1.82) is 0 Å². The Morgan fingerprint density at radius 2 is 1.78 bits per heavy atom. The van der Waals surface area contributed by atoms with Gasteiger partial charge in [-0.2, -0.15) is 0 Å². The molecule has 0 aliphatic heterocycles. The van der Waals surface area contributed by atoms with E-state index in [4.69, 9.17) is 28.9 Å². The lowest BCUT2D eigenvalue weighted by Crippen LogP contribution is -2.49. The van der Waals surface area contributed by atoms with E-state index in [-0.39, 0.29) is 12.2 Å². The van der Waals surface area contributed by atoms with Crippen molar-refractivity contribution in [3.05, 3.63) is 64.1 Å². The highest BCUT2D eigenvalue weighted by atomic mass is 35.5. The van der Waals surface area contributed by atoms with Crippen LogP contribution in [0.25, 0.3) is 0 Å². The van der Waals surface area contributed by atoms with Crippen molar-refractivity contribution in [2.75, 3.05) is 11.9 Å². The summed E-state index contributed by atoms with van der Waals surface area (Å²) < 4.78 is 0.